The highest BCUT2D eigenvalue weighted by Crippen LogP contribution is 2.24. The second-order valence-electron chi connectivity index (χ2n) is 6.39. The predicted octanol–water partition coefficient (Wildman–Crippen LogP) is 3.13. The third-order valence-electron chi connectivity index (χ3n) is 3.53. The van der Waals surface area contributed by atoms with Gasteiger partial charge in [-0.2, -0.15) is 0 Å². The minimum atomic E-state index is 0.196. The van der Waals surface area contributed by atoms with Crippen LogP contribution in [0, 0.1) is 0 Å². The molecule has 0 saturated carbocycles. The molecule has 0 unspecified atom stereocenters. The summed E-state index contributed by atoms with van der Waals surface area (Å²) in [5.41, 5.74) is 2.89. The Kier molecular flexibility index (Phi) is 5.40. The second-order valence-corrected chi connectivity index (χ2v) is 6.39. The molecule has 0 atom stereocenters. The van der Waals surface area contributed by atoms with Crippen molar-refractivity contribution in [2.75, 3.05) is 13.2 Å². The molecule has 2 nitrogen and oxygen atoms in total. The van der Waals surface area contributed by atoms with Gasteiger partial charge in [-0.15, -0.1) is 0 Å². The number of ether oxygens (including phenoxy) is 1. The van der Waals surface area contributed by atoms with Crippen molar-refractivity contribution in [2.24, 2.45) is 0 Å². The summed E-state index contributed by atoms with van der Waals surface area (Å²) in [6, 6.07) is 19.0. The van der Waals surface area contributed by atoms with Crippen LogP contribution in [0.1, 0.15) is 31.9 Å². The molecule has 0 amide bonds. The first-order valence-corrected chi connectivity index (χ1v) is 7.64. The van der Waals surface area contributed by atoms with Gasteiger partial charge < -0.3 is 10.1 Å². The molecule has 0 radical (unpaired) electrons. The lowest BCUT2D eigenvalue weighted by atomic mass is 9.87. The van der Waals surface area contributed by atoms with Crippen LogP contribution in [0.15, 0.2) is 54.6 Å². The number of hydrogen-bond donors (Lipinski definition) is 1. The van der Waals surface area contributed by atoms with Crippen LogP contribution >= 0.6 is 0 Å². The van der Waals surface area contributed by atoms with Crippen molar-refractivity contribution in [3.8, 4) is 5.75 Å². The van der Waals surface area contributed by atoms with Crippen molar-refractivity contribution in [3.05, 3.63) is 65.7 Å². The summed E-state index contributed by atoms with van der Waals surface area (Å²) in [6.07, 6.45) is 0. The molecule has 0 bridgehead atoms. The minimum Gasteiger partial charge on any atom is -0.488 e. The van der Waals surface area contributed by atoms with E-state index in [9.17, 15) is 0 Å². The first-order chi connectivity index (χ1) is 10.1. The van der Waals surface area contributed by atoms with Crippen LogP contribution in [0.2, 0.25) is 0 Å². The smallest absolute Gasteiger partial charge is 0.137 e. The highest BCUT2D eigenvalue weighted by atomic mass is 16.5. The van der Waals surface area contributed by atoms with Gasteiger partial charge in [0, 0.05) is 5.56 Å². The molecular formula is C19H26NO+. The monoisotopic (exact) mass is 284 g/mol. The standard InChI is InChI=1S/C19H25NO/c1-19(2,3)17-9-11-18(12-10-17)21-14-13-20-15-16-7-5-4-6-8-16/h4-12,20H,13-15H2,1-3H3/p+1. The molecular weight excluding hydrogens is 258 g/mol. The number of benzene rings is 2. The molecule has 0 heterocycles. The Morgan fingerprint density at radius 1 is 0.905 bits per heavy atom. The molecule has 112 valence electrons. The van der Waals surface area contributed by atoms with E-state index in [1.54, 1.807) is 0 Å². The number of nitrogens with two attached hydrogens (primary N) is 1. The van der Waals surface area contributed by atoms with Crippen molar-refractivity contribution >= 4 is 0 Å². The quantitative estimate of drug-likeness (QED) is 0.810. The van der Waals surface area contributed by atoms with E-state index in [0.29, 0.717) is 0 Å². The molecule has 0 spiro atoms. The summed E-state index contributed by atoms with van der Waals surface area (Å²) in [4.78, 5) is 0. The molecule has 2 aromatic rings. The molecule has 2 N–H and O–H groups in total. The van der Waals surface area contributed by atoms with Gasteiger partial charge in [0.1, 0.15) is 25.4 Å². The molecule has 2 heteroatoms. The van der Waals surface area contributed by atoms with Crippen LogP contribution in [0.3, 0.4) is 0 Å². The van der Waals surface area contributed by atoms with Gasteiger partial charge in [0.05, 0.1) is 0 Å². The lowest BCUT2D eigenvalue weighted by molar-refractivity contribution is -0.671. The zero-order valence-electron chi connectivity index (χ0n) is 13.3. The van der Waals surface area contributed by atoms with Gasteiger partial charge in [0.2, 0.25) is 0 Å². The predicted molar refractivity (Wildman–Crippen MR) is 87.6 cm³/mol. The van der Waals surface area contributed by atoms with Crippen LogP contribution in [0.5, 0.6) is 5.75 Å². The Hall–Kier alpha value is -1.80. The fourth-order valence-electron chi connectivity index (χ4n) is 2.19. The maximum atomic E-state index is 5.78. The SMILES string of the molecule is CC(C)(C)c1ccc(OCC[NH2+]Cc2ccccc2)cc1. The van der Waals surface area contributed by atoms with Crippen LogP contribution in [-0.2, 0) is 12.0 Å². The molecule has 0 aliphatic rings. The molecule has 0 aromatic heterocycles. The molecule has 0 aliphatic heterocycles. The molecule has 21 heavy (non-hydrogen) atoms. The summed E-state index contributed by atoms with van der Waals surface area (Å²) in [6.45, 7) is 9.38. The Bertz CT molecular complexity index is 526. The van der Waals surface area contributed by atoms with Crippen molar-refractivity contribution < 1.29 is 10.1 Å². The van der Waals surface area contributed by atoms with Crippen LogP contribution < -0.4 is 10.1 Å². The van der Waals surface area contributed by atoms with Gasteiger partial charge in [0.25, 0.3) is 0 Å². The Balaban J connectivity index is 1.69. The molecule has 2 rings (SSSR count). The maximum Gasteiger partial charge on any atom is 0.137 e. The third kappa shape index (κ3) is 5.24. The normalized spacial score (nSPS) is 11.4. The summed E-state index contributed by atoms with van der Waals surface area (Å²) < 4.78 is 5.78. The van der Waals surface area contributed by atoms with Crippen LogP contribution in [0.25, 0.3) is 0 Å². The summed E-state index contributed by atoms with van der Waals surface area (Å²) in [7, 11) is 0. The lowest BCUT2D eigenvalue weighted by Crippen LogP contribution is -2.83. The second kappa shape index (κ2) is 7.28. The van der Waals surface area contributed by atoms with Crippen molar-refractivity contribution in [3.63, 3.8) is 0 Å². The highest BCUT2D eigenvalue weighted by molar-refractivity contribution is 5.31. The van der Waals surface area contributed by atoms with Crippen molar-refractivity contribution in [1.29, 1.82) is 0 Å². The Morgan fingerprint density at radius 2 is 1.57 bits per heavy atom. The van der Waals surface area contributed by atoms with Crippen LogP contribution in [0.4, 0.5) is 0 Å². The fourth-order valence-corrected chi connectivity index (χ4v) is 2.19. The minimum absolute atomic E-state index is 0.196. The van der Waals surface area contributed by atoms with Gasteiger partial charge >= 0.3 is 0 Å². The molecule has 0 fully saturated rings. The van der Waals surface area contributed by atoms with E-state index in [0.717, 1.165) is 25.4 Å². The van der Waals surface area contributed by atoms with E-state index in [4.69, 9.17) is 4.74 Å². The zero-order chi connectivity index (χ0) is 15.1. The Labute approximate surface area is 128 Å². The van der Waals surface area contributed by atoms with E-state index in [-0.39, 0.29) is 5.41 Å². The lowest BCUT2D eigenvalue weighted by Gasteiger charge is -2.19. The molecule has 0 aliphatic carbocycles. The van der Waals surface area contributed by atoms with Gasteiger partial charge in [-0.3, -0.25) is 0 Å². The average Bonchev–Trinajstić information content (AvgIpc) is 2.47. The van der Waals surface area contributed by atoms with E-state index < -0.39 is 0 Å². The molecule has 0 saturated heterocycles. The summed E-state index contributed by atoms with van der Waals surface area (Å²) in [5.74, 6) is 0.955. The van der Waals surface area contributed by atoms with Crippen molar-refractivity contribution in [2.45, 2.75) is 32.7 Å². The van der Waals surface area contributed by atoms with Gasteiger partial charge in [0.15, 0.2) is 0 Å². The summed E-state index contributed by atoms with van der Waals surface area (Å²) in [5, 5.41) is 2.28. The first kappa shape index (κ1) is 15.6. The van der Waals surface area contributed by atoms with E-state index in [2.05, 4.69) is 74.6 Å². The zero-order valence-corrected chi connectivity index (χ0v) is 13.3. The van der Waals surface area contributed by atoms with Crippen molar-refractivity contribution in [1.82, 2.24) is 0 Å². The third-order valence-corrected chi connectivity index (χ3v) is 3.53. The molecule has 2 aromatic carbocycles. The van der Waals surface area contributed by atoms with Gasteiger partial charge in [-0.25, -0.2) is 0 Å². The van der Waals surface area contributed by atoms with E-state index >= 15 is 0 Å². The number of quaternary nitrogens is 1. The number of rotatable bonds is 6. The van der Waals surface area contributed by atoms with Gasteiger partial charge in [-0.05, 0) is 23.1 Å². The maximum absolute atomic E-state index is 5.78. The van der Waals surface area contributed by atoms with E-state index in [1.165, 1.54) is 11.1 Å². The van der Waals surface area contributed by atoms with E-state index in [1.807, 2.05) is 6.07 Å². The fraction of sp³-hybridized carbons (Fsp3) is 0.368. The van der Waals surface area contributed by atoms with Crippen LogP contribution in [-0.4, -0.2) is 13.2 Å². The largest absolute Gasteiger partial charge is 0.488 e. The first-order valence-electron chi connectivity index (χ1n) is 7.64. The summed E-state index contributed by atoms with van der Waals surface area (Å²) >= 11 is 0. The number of hydrogen-bond acceptors (Lipinski definition) is 1. The van der Waals surface area contributed by atoms with Gasteiger partial charge in [-0.1, -0.05) is 63.2 Å². The average molecular weight is 284 g/mol. The topological polar surface area (TPSA) is 25.8 Å². The Morgan fingerprint density at radius 3 is 2.19 bits per heavy atom. The highest BCUT2D eigenvalue weighted by Gasteiger charge is 2.12.